The Morgan fingerprint density at radius 2 is 2.21 bits per heavy atom. The van der Waals surface area contributed by atoms with Crippen LogP contribution < -0.4 is 4.90 Å². The van der Waals surface area contributed by atoms with Gasteiger partial charge in [0.1, 0.15) is 11.9 Å². The second-order valence-corrected chi connectivity index (χ2v) is 5.82. The lowest BCUT2D eigenvalue weighted by molar-refractivity contribution is 0.0985. The molecule has 0 aliphatic rings. The fourth-order valence-corrected chi connectivity index (χ4v) is 2.92. The SMILES string of the molecule is N#Cc1cc(C(=O)N(Cc2ccsc2)c2cccnc2)ccc1F. The first-order valence-corrected chi connectivity index (χ1v) is 8.06. The van der Waals surface area contributed by atoms with E-state index in [1.807, 2.05) is 16.8 Å². The summed E-state index contributed by atoms with van der Waals surface area (Å²) in [5.41, 5.74) is 1.73. The van der Waals surface area contributed by atoms with Gasteiger partial charge >= 0.3 is 0 Å². The number of nitrogens with zero attached hydrogens (tertiary/aromatic N) is 3. The highest BCUT2D eigenvalue weighted by molar-refractivity contribution is 7.07. The molecule has 0 fully saturated rings. The molecule has 0 aliphatic heterocycles. The van der Waals surface area contributed by atoms with Gasteiger partial charge in [0.15, 0.2) is 0 Å². The predicted molar refractivity (Wildman–Crippen MR) is 90.2 cm³/mol. The molecule has 3 aromatic rings. The molecule has 0 aliphatic carbocycles. The van der Waals surface area contributed by atoms with E-state index in [1.165, 1.54) is 12.1 Å². The molecule has 24 heavy (non-hydrogen) atoms. The van der Waals surface area contributed by atoms with E-state index in [4.69, 9.17) is 5.26 Å². The van der Waals surface area contributed by atoms with E-state index in [-0.39, 0.29) is 17.0 Å². The molecule has 118 valence electrons. The Labute approximate surface area is 142 Å². The van der Waals surface area contributed by atoms with Crippen LogP contribution in [0.15, 0.2) is 59.6 Å². The van der Waals surface area contributed by atoms with E-state index in [0.717, 1.165) is 11.6 Å². The highest BCUT2D eigenvalue weighted by atomic mass is 32.1. The normalized spacial score (nSPS) is 10.2. The maximum absolute atomic E-state index is 13.5. The van der Waals surface area contributed by atoms with Crippen molar-refractivity contribution in [2.45, 2.75) is 6.54 Å². The molecule has 0 unspecified atom stereocenters. The molecule has 6 heteroatoms. The third-order valence-electron chi connectivity index (χ3n) is 3.46. The van der Waals surface area contributed by atoms with Crippen LogP contribution in [-0.4, -0.2) is 10.9 Å². The molecule has 2 aromatic heterocycles. The molecular formula is C18H12FN3OS. The van der Waals surface area contributed by atoms with Gasteiger partial charge in [0.25, 0.3) is 5.91 Å². The van der Waals surface area contributed by atoms with Gasteiger partial charge in [-0.3, -0.25) is 9.78 Å². The molecule has 0 spiro atoms. The molecule has 4 nitrogen and oxygen atoms in total. The highest BCUT2D eigenvalue weighted by Crippen LogP contribution is 2.21. The number of pyridine rings is 1. The molecule has 0 saturated heterocycles. The number of halogens is 1. The van der Waals surface area contributed by atoms with Crippen molar-refractivity contribution in [3.63, 3.8) is 0 Å². The second kappa shape index (κ2) is 7.02. The van der Waals surface area contributed by atoms with Crippen LogP contribution in [0.4, 0.5) is 10.1 Å². The Morgan fingerprint density at radius 1 is 1.33 bits per heavy atom. The zero-order valence-electron chi connectivity index (χ0n) is 12.5. The van der Waals surface area contributed by atoms with Gasteiger partial charge in [0.05, 0.1) is 24.0 Å². The van der Waals surface area contributed by atoms with Crippen molar-refractivity contribution >= 4 is 22.9 Å². The van der Waals surface area contributed by atoms with Crippen LogP contribution in [0.2, 0.25) is 0 Å². The summed E-state index contributed by atoms with van der Waals surface area (Å²) in [5.74, 6) is -0.953. The van der Waals surface area contributed by atoms with Gasteiger partial charge in [-0.2, -0.15) is 16.6 Å². The van der Waals surface area contributed by atoms with Crippen molar-refractivity contribution in [1.82, 2.24) is 4.98 Å². The number of rotatable bonds is 4. The maximum atomic E-state index is 13.5. The van der Waals surface area contributed by atoms with E-state index < -0.39 is 5.82 Å². The van der Waals surface area contributed by atoms with Gasteiger partial charge in [-0.15, -0.1) is 0 Å². The Morgan fingerprint density at radius 3 is 2.88 bits per heavy atom. The van der Waals surface area contributed by atoms with Crippen molar-refractivity contribution in [2.24, 2.45) is 0 Å². The van der Waals surface area contributed by atoms with Gasteiger partial charge < -0.3 is 4.90 Å². The van der Waals surface area contributed by atoms with Crippen molar-refractivity contribution in [1.29, 1.82) is 5.26 Å². The first kappa shape index (κ1) is 15.8. The number of aromatic nitrogens is 1. The van der Waals surface area contributed by atoms with Crippen LogP contribution in [-0.2, 0) is 6.54 Å². The average molecular weight is 337 g/mol. The summed E-state index contributed by atoms with van der Waals surface area (Å²) >= 11 is 1.55. The number of benzene rings is 1. The summed E-state index contributed by atoms with van der Waals surface area (Å²) in [6.45, 7) is 0.368. The second-order valence-electron chi connectivity index (χ2n) is 5.04. The average Bonchev–Trinajstić information content (AvgIpc) is 3.13. The van der Waals surface area contributed by atoms with E-state index >= 15 is 0 Å². The van der Waals surface area contributed by atoms with Crippen LogP contribution in [0.25, 0.3) is 0 Å². The number of carbonyl (C=O) groups excluding carboxylic acids is 1. The lowest BCUT2D eigenvalue weighted by Gasteiger charge is -2.22. The molecule has 0 saturated carbocycles. The number of hydrogen-bond acceptors (Lipinski definition) is 4. The topological polar surface area (TPSA) is 57.0 Å². The highest BCUT2D eigenvalue weighted by Gasteiger charge is 2.20. The van der Waals surface area contributed by atoms with Crippen molar-refractivity contribution in [3.8, 4) is 6.07 Å². The predicted octanol–water partition coefficient (Wildman–Crippen LogP) is 4.00. The number of thiophene rings is 1. The minimum atomic E-state index is -0.639. The van der Waals surface area contributed by atoms with Gasteiger partial charge in [-0.25, -0.2) is 4.39 Å². The van der Waals surface area contributed by atoms with Crippen LogP contribution in [0, 0.1) is 17.1 Å². The maximum Gasteiger partial charge on any atom is 0.258 e. The molecule has 0 radical (unpaired) electrons. The molecule has 0 N–H and O–H groups in total. The Balaban J connectivity index is 1.99. The smallest absolute Gasteiger partial charge is 0.258 e. The lowest BCUT2D eigenvalue weighted by atomic mass is 10.1. The largest absolute Gasteiger partial charge is 0.302 e. The monoisotopic (exact) mass is 337 g/mol. The van der Waals surface area contributed by atoms with Crippen LogP contribution in [0.1, 0.15) is 21.5 Å². The summed E-state index contributed by atoms with van der Waals surface area (Å²) in [5, 5.41) is 12.9. The van der Waals surface area contributed by atoms with Crippen LogP contribution in [0.5, 0.6) is 0 Å². The van der Waals surface area contributed by atoms with Gasteiger partial charge in [-0.1, -0.05) is 0 Å². The summed E-state index contributed by atoms with van der Waals surface area (Å²) in [7, 11) is 0. The van der Waals surface area contributed by atoms with Crippen LogP contribution >= 0.6 is 11.3 Å². The third-order valence-corrected chi connectivity index (χ3v) is 4.19. The van der Waals surface area contributed by atoms with Gasteiger partial charge in [0, 0.05) is 11.8 Å². The Bertz CT molecular complexity index is 888. The van der Waals surface area contributed by atoms with E-state index in [1.54, 1.807) is 46.8 Å². The molecule has 0 atom stereocenters. The standard InChI is InChI=1S/C18H12FN3OS/c19-17-4-3-14(8-15(17)9-20)18(23)22(11-13-5-7-24-12-13)16-2-1-6-21-10-16/h1-8,10,12H,11H2. The number of carbonyl (C=O) groups is 1. The lowest BCUT2D eigenvalue weighted by Crippen LogP contribution is -2.30. The minimum absolute atomic E-state index is 0.150. The van der Waals surface area contributed by atoms with Crippen molar-refractivity contribution in [3.05, 3.63) is 82.1 Å². The van der Waals surface area contributed by atoms with Gasteiger partial charge in [0.2, 0.25) is 0 Å². The molecule has 1 amide bonds. The first-order valence-electron chi connectivity index (χ1n) is 7.11. The molecule has 3 rings (SSSR count). The molecular weight excluding hydrogens is 325 g/mol. The summed E-state index contributed by atoms with van der Waals surface area (Å²) in [4.78, 5) is 18.5. The fourth-order valence-electron chi connectivity index (χ4n) is 2.26. The summed E-state index contributed by atoms with van der Waals surface area (Å²) in [6, 6.07) is 11.0. The number of nitriles is 1. The molecule has 1 aromatic carbocycles. The van der Waals surface area contributed by atoms with E-state index in [9.17, 15) is 9.18 Å². The van der Waals surface area contributed by atoms with Crippen LogP contribution in [0.3, 0.4) is 0 Å². The third kappa shape index (κ3) is 3.31. The first-order chi connectivity index (χ1) is 11.7. The van der Waals surface area contributed by atoms with Crippen molar-refractivity contribution in [2.75, 3.05) is 4.90 Å². The van der Waals surface area contributed by atoms with E-state index in [2.05, 4.69) is 4.98 Å². The minimum Gasteiger partial charge on any atom is -0.302 e. The zero-order valence-corrected chi connectivity index (χ0v) is 13.3. The molecule has 0 bridgehead atoms. The zero-order chi connectivity index (χ0) is 16.9. The number of amides is 1. The Hall–Kier alpha value is -3.04. The van der Waals surface area contributed by atoms with Gasteiger partial charge in [-0.05, 0) is 52.7 Å². The van der Waals surface area contributed by atoms with Crippen molar-refractivity contribution < 1.29 is 9.18 Å². The Kier molecular flexibility index (Phi) is 4.64. The summed E-state index contributed by atoms with van der Waals surface area (Å²) < 4.78 is 13.5. The number of hydrogen-bond donors (Lipinski definition) is 0. The summed E-state index contributed by atoms with van der Waals surface area (Å²) in [6.07, 6.45) is 3.22. The number of anilines is 1. The molecule has 2 heterocycles. The quantitative estimate of drug-likeness (QED) is 0.723. The van der Waals surface area contributed by atoms with E-state index in [0.29, 0.717) is 12.2 Å². The fraction of sp³-hybridized carbons (Fsp3) is 0.0556.